The van der Waals surface area contributed by atoms with Crippen molar-refractivity contribution in [2.45, 2.75) is 11.3 Å². The Morgan fingerprint density at radius 2 is 1.92 bits per heavy atom. The van der Waals surface area contributed by atoms with E-state index in [1.165, 1.54) is 0 Å². The molecule has 0 fully saturated rings. The Morgan fingerprint density at radius 3 is 2.69 bits per heavy atom. The molecule has 0 atom stereocenters. The minimum Gasteiger partial charge on any atom is -0.294 e. The summed E-state index contributed by atoms with van der Waals surface area (Å²) in [6.07, 6.45) is 0.593. The van der Waals surface area contributed by atoms with Crippen molar-refractivity contribution >= 4 is 40.7 Å². The Hall–Kier alpha value is -0.180. The van der Waals surface area contributed by atoms with Crippen LogP contribution < -0.4 is 0 Å². The summed E-state index contributed by atoms with van der Waals surface area (Å²) in [6.45, 7) is 0. The Balaban J connectivity index is 2.58. The molecule has 1 heterocycles. The Labute approximate surface area is 90.4 Å². The molecule has 1 nitrogen and oxygen atoms in total. The van der Waals surface area contributed by atoms with Crippen molar-refractivity contribution in [1.82, 2.24) is 0 Å². The van der Waals surface area contributed by atoms with Gasteiger partial charge in [-0.25, -0.2) is 0 Å². The van der Waals surface area contributed by atoms with Crippen LogP contribution >= 0.6 is 35.0 Å². The summed E-state index contributed by atoms with van der Waals surface area (Å²) < 4.78 is 0. The second-order valence-electron chi connectivity index (χ2n) is 2.78. The normalized spacial score (nSPS) is 15.7. The SMILES string of the molecule is O=C1CCSc2cc(Cl)c(Cl)cc21. The molecule has 0 aliphatic carbocycles. The van der Waals surface area contributed by atoms with Gasteiger partial charge in [-0.05, 0) is 12.1 Å². The summed E-state index contributed by atoms with van der Waals surface area (Å²) in [7, 11) is 0. The summed E-state index contributed by atoms with van der Waals surface area (Å²) in [6, 6.07) is 3.43. The molecule has 4 heteroatoms. The van der Waals surface area contributed by atoms with Crippen LogP contribution in [0.4, 0.5) is 0 Å². The highest BCUT2D eigenvalue weighted by molar-refractivity contribution is 7.99. The van der Waals surface area contributed by atoms with Gasteiger partial charge in [0.1, 0.15) is 0 Å². The lowest BCUT2D eigenvalue weighted by Crippen LogP contribution is -2.07. The largest absolute Gasteiger partial charge is 0.294 e. The van der Waals surface area contributed by atoms with E-state index in [-0.39, 0.29) is 5.78 Å². The first-order valence-corrected chi connectivity index (χ1v) is 5.57. The zero-order valence-corrected chi connectivity index (χ0v) is 8.97. The average Bonchev–Trinajstić information content (AvgIpc) is 2.09. The van der Waals surface area contributed by atoms with E-state index in [4.69, 9.17) is 23.2 Å². The van der Waals surface area contributed by atoms with E-state index >= 15 is 0 Å². The van der Waals surface area contributed by atoms with Crippen LogP contribution in [-0.2, 0) is 0 Å². The number of halogens is 2. The van der Waals surface area contributed by atoms with Gasteiger partial charge in [0.15, 0.2) is 5.78 Å². The average molecular weight is 233 g/mol. The first kappa shape index (κ1) is 9.38. The van der Waals surface area contributed by atoms with Gasteiger partial charge in [0.25, 0.3) is 0 Å². The summed E-state index contributed by atoms with van der Waals surface area (Å²) in [5, 5.41) is 0.971. The molecule has 2 rings (SSSR count). The predicted octanol–water partition coefficient (Wildman–Crippen LogP) is 3.67. The molecule has 1 aliphatic rings. The van der Waals surface area contributed by atoms with E-state index in [0.29, 0.717) is 22.0 Å². The fourth-order valence-electron chi connectivity index (χ4n) is 1.25. The van der Waals surface area contributed by atoms with Gasteiger partial charge in [-0.15, -0.1) is 11.8 Å². The predicted molar refractivity (Wildman–Crippen MR) is 56.1 cm³/mol. The minimum atomic E-state index is 0.160. The molecule has 0 saturated carbocycles. The molecule has 0 amide bonds. The third-order valence-electron chi connectivity index (χ3n) is 1.91. The first-order chi connectivity index (χ1) is 6.18. The van der Waals surface area contributed by atoms with Gasteiger partial charge < -0.3 is 0 Å². The van der Waals surface area contributed by atoms with Crippen molar-refractivity contribution in [2.75, 3.05) is 5.75 Å². The van der Waals surface area contributed by atoms with Crippen LogP contribution in [0.3, 0.4) is 0 Å². The van der Waals surface area contributed by atoms with E-state index in [1.54, 1.807) is 23.9 Å². The number of thioether (sulfide) groups is 1. The summed E-state index contributed by atoms with van der Waals surface area (Å²) in [4.78, 5) is 12.4. The van der Waals surface area contributed by atoms with Crippen LogP contribution in [0.25, 0.3) is 0 Å². The van der Waals surface area contributed by atoms with Crippen molar-refractivity contribution in [3.05, 3.63) is 27.7 Å². The number of hydrogen-bond acceptors (Lipinski definition) is 2. The van der Waals surface area contributed by atoms with Crippen molar-refractivity contribution in [3.8, 4) is 0 Å². The lowest BCUT2D eigenvalue weighted by molar-refractivity contribution is 0.0985. The molecule has 1 aromatic rings. The van der Waals surface area contributed by atoms with Crippen LogP contribution in [0.1, 0.15) is 16.8 Å². The highest BCUT2D eigenvalue weighted by Gasteiger charge is 2.19. The maximum atomic E-state index is 11.4. The smallest absolute Gasteiger partial charge is 0.164 e. The molecule has 13 heavy (non-hydrogen) atoms. The summed E-state index contributed by atoms with van der Waals surface area (Å²) >= 11 is 13.3. The first-order valence-electron chi connectivity index (χ1n) is 3.83. The molecule has 0 spiro atoms. The second-order valence-corrected chi connectivity index (χ2v) is 4.74. The van der Waals surface area contributed by atoms with Crippen LogP contribution in [0, 0.1) is 0 Å². The van der Waals surface area contributed by atoms with Crippen molar-refractivity contribution in [3.63, 3.8) is 0 Å². The Kier molecular flexibility index (Phi) is 2.54. The van der Waals surface area contributed by atoms with Gasteiger partial charge in [0.05, 0.1) is 10.0 Å². The van der Waals surface area contributed by atoms with Crippen LogP contribution in [0.5, 0.6) is 0 Å². The molecule has 0 N–H and O–H groups in total. The summed E-state index contributed by atoms with van der Waals surface area (Å²) in [5.41, 5.74) is 0.714. The highest BCUT2D eigenvalue weighted by Crippen LogP contribution is 2.35. The minimum absolute atomic E-state index is 0.160. The zero-order chi connectivity index (χ0) is 9.42. The summed E-state index contributed by atoms with van der Waals surface area (Å²) in [5.74, 6) is 0.997. The number of carbonyl (C=O) groups is 1. The standard InChI is InChI=1S/C9H6Cl2OS/c10-6-3-5-8(12)1-2-13-9(5)4-7(6)11/h3-4H,1-2H2. The molecule has 1 aromatic carbocycles. The number of Topliss-reactive ketones (excluding diaryl/α,β-unsaturated/α-hetero) is 1. The van der Waals surface area contributed by atoms with Crippen molar-refractivity contribution < 1.29 is 4.79 Å². The number of hydrogen-bond donors (Lipinski definition) is 0. The third kappa shape index (κ3) is 1.71. The van der Waals surface area contributed by atoms with Gasteiger partial charge in [0.2, 0.25) is 0 Å². The Bertz CT molecular complexity index is 376. The number of fused-ring (bicyclic) bond motifs is 1. The van der Waals surface area contributed by atoms with Crippen LogP contribution in [0.2, 0.25) is 10.0 Å². The van der Waals surface area contributed by atoms with Gasteiger partial charge >= 0.3 is 0 Å². The number of carbonyl (C=O) groups excluding carboxylic acids is 1. The van der Waals surface area contributed by atoms with Gasteiger partial charge in [0, 0.05) is 22.6 Å². The number of benzene rings is 1. The zero-order valence-electron chi connectivity index (χ0n) is 6.64. The second kappa shape index (κ2) is 3.52. The fourth-order valence-corrected chi connectivity index (χ4v) is 2.68. The lowest BCUT2D eigenvalue weighted by Gasteiger charge is -2.14. The molecule has 0 bridgehead atoms. The monoisotopic (exact) mass is 232 g/mol. The van der Waals surface area contributed by atoms with Crippen LogP contribution in [-0.4, -0.2) is 11.5 Å². The van der Waals surface area contributed by atoms with E-state index < -0.39 is 0 Å². The Morgan fingerprint density at radius 1 is 1.23 bits per heavy atom. The highest BCUT2D eigenvalue weighted by atomic mass is 35.5. The third-order valence-corrected chi connectivity index (χ3v) is 3.69. The molecule has 1 aliphatic heterocycles. The lowest BCUT2D eigenvalue weighted by atomic mass is 10.1. The molecule has 0 saturated heterocycles. The van der Waals surface area contributed by atoms with Gasteiger partial charge in [-0.2, -0.15) is 0 Å². The fraction of sp³-hybridized carbons (Fsp3) is 0.222. The quantitative estimate of drug-likeness (QED) is 0.680. The topological polar surface area (TPSA) is 17.1 Å². The number of rotatable bonds is 0. The van der Waals surface area contributed by atoms with Crippen LogP contribution in [0.15, 0.2) is 17.0 Å². The molecule has 0 radical (unpaired) electrons. The molecular formula is C9H6Cl2OS. The van der Waals surface area contributed by atoms with Crippen molar-refractivity contribution in [1.29, 1.82) is 0 Å². The van der Waals surface area contributed by atoms with Gasteiger partial charge in [-0.1, -0.05) is 23.2 Å². The van der Waals surface area contributed by atoms with Crippen molar-refractivity contribution in [2.24, 2.45) is 0 Å². The molecular weight excluding hydrogens is 227 g/mol. The maximum absolute atomic E-state index is 11.4. The molecule has 0 aromatic heterocycles. The van der Waals surface area contributed by atoms with E-state index in [1.807, 2.05) is 0 Å². The number of ketones is 1. The van der Waals surface area contributed by atoms with E-state index in [9.17, 15) is 4.79 Å². The molecule has 0 unspecified atom stereocenters. The van der Waals surface area contributed by atoms with E-state index in [2.05, 4.69) is 0 Å². The van der Waals surface area contributed by atoms with Gasteiger partial charge in [-0.3, -0.25) is 4.79 Å². The maximum Gasteiger partial charge on any atom is 0.164 e. The molecule has 68 valence electrons. The van der Waals surface area contributed by atoms with E-state index in [0.717, 1.165) is 10.6 Å².